The molecule has 0 fully saturated rings. The summed E-state index contributed by atoms with van der Waals surface area (Å²) in [6.45, 7) is 5.60. The van der Waals surface area contributed by atoms with Gasteiger partial charge in [0.1, 0.15) is 11.2 Å². The standard InChI is InChI=1S/C15H16N6O2/c1-15(2,3)23-14(22)18-7-4-5-11-6-10-20-13-12(19-21(11)20)16-8-9-17-13/h6,8-10H,7H2,1-3H3,(H,18,22). The van der Waals surface area contributed by atoms with Crippen LogP contribution in [-0.2, 0) is 4.74 Å². The molecule has 0 unspecified atom stereocenters. The molecule has 8 nitrogen and oxygen atoms in total. The molecule has 0 aliphatic heterocycles. The third-order valence-corrected chi connectivity index (χ3v) is 2.80. The van der Waals surface area contributed by atoms with Crippen LogP contribution in [0.1, 0.15) is 26.5 Å². The zero-order valence-electron chi connectivity index (χ0n) is 13.1. The first-order valence-electron chi connectivity index (χ1n) is 7.07. The fraction of sp³-hybridized carbons (Fsp3) is 0.333. The summed E-state index contributed by atoms with van der Waals surface area (Å²) in [5.74, 6) is 5.81. The number of nitrogens with zero attached hydrogens (tertiary/aromatic N) is 5. The molecule has 0 aliphatic rings. The summed E-state index contributed by atoms with van der Waals surface area (Å²) in [6.07, 6.45) is 4.52. The van der Waals surface area contributed by atoms with E-state index >= 15 is 0 Å². The fourth-order valence-corrected chi connectivity index (χ4v) is 1.95. The zero-order chi connectivity index (χ0) is 16.4. The van der Waals surface area contributed by atoms with Crippen molar-refractivity contribution in [1.29, 1.82) is 0 Å². The maximum Gasteiger partial charge on any atom is 0.408 e. The molecule has 3 aromatic heterocycles. The predicted octanol–water partition coefficient (Wildman–Crippen LogP) is 0.301. The second-order valence-corrected chi connectivity index (χ2v) is 5.80. The summed E-state index contributed by atoms with van der Waals surface area (Å²) in [5, 5.41) is 6.91. The van der Waals surface area contributed by atoms with Crippen molar-refractivity contribution in [2.24, 2.45) is 0 Å². The van der Waals surface area contributed by atoms with Crippen LogP contribution in [0, 0.1) is 11.8 Å². The average molecular weight is 312 g/mol. The van der Waals surface area contributed by atoms with Crippen molar-refractivity contribution in [1.82, 2.24) is 24.9 Å². The van der Waals surface area contributed by atoms with E-state index in [1.54, 1.807) is 42.3 Å². The Hall–Kier alpha value is -3.08. The minimum absolute atomic E-state index is 0.184. The molecule has 23 heavy (non-hydrogen) atoms. The third-order valence-electron chi connectivity index (χ3n) is 2.80. The monoisotopic (exact) mass is 312 g/mol. The van der Waals surface area contributed by atoms with E-state index in [1.807, 2.05) is 12.3 Å². The van der Waals surface area contributed by atoms with Crippen molar-refractivity contribution in [2.75, 3.05) is 6.54 Å². The van der Waals surface area contributed by atoms with Crippen molar-refractivity contribution in [2.45, 2.75) is 26.4 Å². The first kappa shape index (κ1) is 14.8. The number of fused-ring (bicyclic) bond motifs is 3. The fourth-order valence-electron chi connectivity index (χ4n) is 1.95. The molecule has 3 rings (SSSR count). The summed E-state index contributed by atoms with van der Waals surface area (Å²) in [5.41, 5.74) is 1.35. The number of hydrogen-bond acceptors (Lipinski definition) is 4. The van der Waals surface area contributed by atoms with Gasteiger partial charge in [0.25, 0.3) is 5.69 Å². The van der Waals surface area contributed by atoms with Gasteiger partial charge in [-0.2, -0.15) is 4.52 Å². The molecule has 3 aromatic rings. The van der Waals surface area contributed by atoms with Gasteiger partial charge in [0, 0.05) is 24.4 Å². The number of aromatic nitrogens is 5. The van der Waals surface area contributed by atoms with Gasteiger partial charge in [-0.05, 0) is 27.0 Å². The van der Waals surface area contributed by atoms with Crippen LogP contribution in [0.25, 0.3) is 11.3 Å². The number of nitrogens with one attached hydrogen (secondary N) is 1. The zero-order valence-corrected chi connectivity index (χ0v) is 13.1. The van der Waals surface area contributed by atoms with Gasteiger partial charge in [-0.15, -0.1) is 5.10 Å². The number of rotatable bonds is 1. The Bertz CT molecular complexity index is 922. The lowest BCUT2D eigenvalue weighted by Gasteiger charge is -2.18. The predicted molar refractivity (Wildman–Crippen MR) is 80.6 cm³/mol. The number of carbonyl (C=O) groups excluding carboxylic acids is 1. The van der Waals surface area contributed by atoms with Crippen LogP contribution in [0.2, 0.25) is 0 Å². The largest absolute Gasteiger partial charge is 0.444 e. The van der Waals surface area contributed by atoms with E-state index < -0.39 is 11.7 Å². The van der Waals surface area contributed by atoms with Gasteiger partial charge in [0.15, 0.2) is 5.65 Å². The topological polar surface area (TPSA) is 86.7 Å². The molecule has 0 radical (unpaired) electrons. The molecular formula is C15H16N6O2. The molecule has 0 bridgehead atoms. The highest BCUT2D eigenvalue weighted by Crippen LogP contribution is 2.06. The van der Waals surface area contributed by atoms with Crippen molar-refractivity contribution in [3.05, 3.63) is 30.4 Å². The van der Waals surface area contributed by atoms with Gasteiger partial charge >= 0.3 is 6.09 Å². The van der Waals surface area contributed by atoms with E-state index in [1.165, 1.54) is 0 Å². The van der Waals surface area contributed by atoms with Crippen LogP contribution in [-0.4, -0.2) is 32.7 Å². The van der Waals surface area contributed by atoms with Gasteiger partial charge < -0.3 is 15.0 Å². The first-order chi connectivity index (χ1) is 10.9. The summed E-state index contributed by atoms with van der Waals surface area (Å²) in [6, 6.07) is 1.82. The van der Waals surface area contributed by atoms with Crippen LogP contribution in [0.15, 0.2) is 24.7 Å². The average Bonchev–Trinajstić information content (AvgIpc) is 3.01. The molecule has 0 aromatic carbocycles. The lowest BCUT2D eigenvalue weighted by Crippen LogP contribution is -2.33. The van der Waals surface area contributed by atoms with Crippen LogP contribution in [0.4, 0.5) is 4.79 Å². The first-order valence-corrected chi connectivity index (χ1v) is 7.07. The van der Waals surface area contributed by atoms with Crippen molar-refractivity contribution in [3.8, 4) is 11.8 Å². The number of alkyl carbamates (subject to hydrolysis) is 1. The maximum absolute atomic E-state index is 11.5. The van der Waals surface area contributed by atoms with Crippen LogP contribution in [0.5, 0.6) is 0 Å². The van der Waals surface area contributed by atoms with E-state index in [4.69, 9.17) is 4.74 Å². The summed E-state index contributed by atoms with van der Waals surface area (Å²) in [4.78, 5) is 19.9. The molecular weight excluding hydrogens is 296 g/mol. The minimum atomic E-state index is -0.527. The molecule has 118 valence electrons. The van der Waals surface area contributed by atoms with Gasteiger partial charge in [0.05, 0.1) is 6.54 Å². The Morgan fingerprint density at radius 1 is 1.43 bits per heavy atom. The molecule has 0 aliphatic carbocycles. The second kappa shape index (κ2) is 5.61. The highest BCUT2D eigenvalue weighted by Gasteiger charge is 2.15. The Balaban J connectivity index is 1.72. The van der Waals surface area contributed by atoms with Crippen molar-refractivity contribution < 1.29 is 14.2 Å². The van der Waals surface area contributed by atoms with E-state index in [0.29, 0.717) is 17.0 Å². The molecule has 8 heteroatoms. The lowest BCUT2D eigenvalue weighted by atomic mass is 10.2. The quantitative estimate of drug-likeness (QED) is 0.516. The molecule has 1 N–H and O–H groups in total. The number of carbonyl (C=O) groups is 1. The van der Waals surface area contributed by atoms with Crippen molar-refractivity contribution >= 4 is 17.4 Å². The van der Waals surface area contributed by atoms with Gasteiger partial charge in [0.2, 0.25) is 0 Å². The summed E-state index contributed by atoms with van der Waals surface area (Å²) in [7, 11) is 0. The van der Waals surface area contributed by atoms with E-state index in [9.17, 15) is 4.79 Å². The summed E-state index contributed by atoms with van der Waals surface area (Å²) >= 11 is 0. The molecule has 3 heterocycles. The van der Waals surface area contributed by atoms with Crippen molar-refractivity contribution in [3.63, 3.8) is 0 Å². The minimum Gasteiger partial charge on any atom is -0.444 e. The highest BCUT2D eigenvalue weighted by atomic mass is 16.6. The Morgan fingerprint density at radius 2 is 2.22 bits per heavy atom. The Morgan fingerprint density at radius 3 is 3.00 bits per heavy atom. The normalized spacial score (nSPS) is 11.3. The maximum atomic E-state index is 11.5. The molecule has 0 saturated carbocycles. The highest BCUT2D eigenvalue weighted by molar-refractivity contribution is 5.68. The van der Waals surface area contributed by atoms with Crippen LogP contribution < -0.4 is 15.0 Å². The van der Waals surface area contributed by atoms with E-state index in [-0.39, 0.29) is 6.54 Å². The van der Waals surface area contributed by atoms with Crippen LogP contribution in [0.3, 0.4) is 0 Å². The smallest absolute Gasteiger partial charge is 0.408 e. The molecule has 0 saturated heterocycles. The molecule has 0 atom stereocenters. The van der Waals surface area contributed by atoms with E-state index in [2.05, 4.69) is 32.2 Å². The number of amides is 1. The Labute approximate surface area is 132 Å². The lowest BCUT2D eigenvalue weighted by molar-refractivity contribution is -0.676. The number of hydrogen-bond donors (Lipinski definition) is 1. The van der Waals surface area contributed by atoms with E-state index in [0.717, 1.165) is 0 Å². The summed E-state index contributed by atoms with van der Waals surface area (Å²) < 4.78 is 8.50. The van der Waals surface area contributed by atoms with Gasteiger partial charge in [-0.3, -0.25) is 0 Å². The molecule has 0 spiro atoms. The van der Waals surface area contributed by atoms with Gasteiger partial charge in [-0.25, -0.2) is 9.78 Å². The SMILES string of the molecule is CC(C)(C)OC(=O)NCC#Cc1ccn2c3nccnc3[n-][n+]12. The van der Waals surface area contributed by atoms with Crippen LogP contribution >= 0.6 is 0 Å². The second-order valence-electron chi connectivity index (χ2n) is 5.80. The van der Waals surface area contributed by atoms with Gasteiger partial charge in [-0.1, -0.05) is 10.6 Å². The third kappa shape index (κ3) is 3.23. The number of ether oxygens (including phenoxy) is 1. The molecule has 1 amide bonds. The Kier molecular flexibility index (Phi) is 3.62.